The lowest BCUT2D eigenvalue weighted by molar-refractivity contribution is 0.0246. The van der Waals surface area contributed by atoms with Crippen molar-refractivity contribution in [3.8, 4) is 5.75 Å². The fraction of sp³-hybridized carbons (Fsp3) is 0.560. The van der Waals surface area contributed by atoms with Gasteiger partial charge in [-0.05, 0) is 99.2 Å². The molecule has 3 unspecified atom stereocenters. The second-order valence-corrected chi connectivity index (χ2v) is 12.3. The monoisotopic (exact) mass is 456 g/mol. The number of sulfone groups is 1. The number of likely N-dealkylation sites (tertiary alicyclic amines) is 1. The number of nitrogens with zero attached hydrogens (tertiary/aromatic N) is 1. The molecule has 0 amide bonds. The first-order valence-corrected chi connectivity index (χ1v) is 13.5. The van der Waals surface area contributed by atoms with Gasteiger partial charge in [0.15, 0.2) is 9.84 Å². The number of phenolic OH excluding ortho intramolecular Hbond substituents is 1. The van der Waals surface area contributed by atoms with Crippen LogP contribution in [0.15, 0.2) is 34.0 Å². The lowest BCUT2D eigenvalue weighted by Gasteiger charge is -2.55. The molecule has 2 N–H and O–H groups in total. The fourth-order valence-electron chi connectivity index (χ4n) is 6.26. The summed E-state index contributed by atoms with van der Waals surface area (Å²) in [6.45, 7) is 6.50. The first-order chi connectivity index (χ1) is 15.1. The molecule has 0 spiro atoms. The Labute approximate surface area is 189 Å². The Morgan fingerprint density at radius 2 is 2.00 bits per heavy atom. The fourth-order valence-corrected chi connectivity index (χ4v) is 7.00. The Balaban J connectivity index is 1.65. The molecule has 1 aliphatic heterocycles. The summed E-state index contributed by atoms with van der Waals surface area (Å²) >= 11 is 0. The summed E-state index contributed by atoms with van der Waals surface area (Å²) in [7, 11) is -3.60. The van der Waals surface area contributed by atoms with E-state index in [0.29, 0.717) is 18.9 Å². The van der Waals surface area contributed by atoms with E-state index < -0.39 is 15.4 Å². The van der Waals surface area contributed by atoms with Crippen LogP contribution < -0.4 is 5.56 Å². The molecular formula is C25H32N2O4S. The number of aryl methyl sites for hydroxylation is 1. The van der Waals surface area contributed by atoms with Gasteiger partial charge in [-0.15, -0.1) is 0 Å². The van der Waals surface area contributed by atoms with Gasteiger partial charge in [-0.2, -0.15) is 0 Å². The number of fused-ring (bicyclic) bond motifs is 2. The Hall–Kier alpha value is -2.12. The molecule has 1 saturated carbocycles. The first-order valence-electron chi connectivity index (χ1n) is 11.6. The van der Waals surface area contributed by atoms with Gasteiger partial charge in [0.05, 0.1) is 0 Å². The van der Waals surface area contributed by atoms with Gasteiger partial charge in [0.25, 0.3) is 5.56 Å². The van der Waals surface area contributed by atoms with Crippen molar-refractivity contribution in [1.29, 1.82) is 0 Å². The minimum atomic E-state index is -3.60. The summed E-state index contributed by atoms with van der Waals surface area (Å²) in [5.41, 5.74) is 3.33. The van der Waals surface area contributed by atoms with E-state index in [-0.39, 0.29) is 22.0 Å². The molecule has 32 heavy (non-hydrogen) atoms. The van der Waals surface area contributed by atoms with E-state index in [4.69, 9.17) is 0 Å². The van der Waals surface area contributed by atoms with E-state index in [1.807, 2.05) is 12.1 Å². The molecule has 2 fully saturated rings. The van der Waals surface area contributed by atoms with Crippen LogP contribution in [0, 0.1) is 18.8 Å². The molecule has 7 heteroatoms. The summed E-state index contributed by atoms with van der Waals surface area (Å²) in [5, 5.41) is 10.3. The highest BCUT2D eigenvalue weighted by Gasteiger charge is 2.51. The van der Waals surface area contributed by atoms with Gasteiger partial charge >= 0.3 is 0 Å². The Bertz CT molecular complexity index is 1230. The molecule has 172 valence electrons. The number of rotatable bonds is 4. The van der Waals surface area contributed by atoms with Gasteiger partial charge in [-0.1, -0.05) is 6.07 Å². The Morgan fingerprint density at radius 1 is 1.25 bits per heavy atom. The number of phenols is 1. The summed E-state index contributed by atoms with van der Waals surface area (Å²) in [6, 6.07) is 7.54. The van der Waals surface area contributed by atoms with Crippen molar-refractivity contribution in [3.63, 3.8) is 0 Å². The highest BCUT2D eigenvalue weighted by atomic mass is 32.2. The van der Waals surface area contributed by atoms with Crippen LogP contribution in [-0.2, 0) is 28.1 Å². The third-order valence-electron chi connectivity index (χ3n) is 8.17. The smallest absolute Gasteiger partial charge is 0.266 e. The number of hydrogen-bond donors (Lipinski definition) is 2. The second-order valence-electron chi connectivity index (χ2n) is 10.3. The summed E-state index contributed by atoms with van der Waals surface area (Å²) < 4.78 is 24.4. The summed E-state index contributed by atoms with van der Waals surface area (Å²) in [4.78, 5) is 18.0. The van der Waals surface area contributed by atoms with Gasteiger partial charge in [0, 0.05) is 30.0 Å². The molecular weight excluding hydrogens is 424 g/mol. The van der Waals surface area contributed by atoms with Crippen molar-refractivity contribution in [2.75, 3.05) is 19.3 Å². The van der Waals surface area contributed by atoms with Crippen molar-refractivity contribution >= 4 is 9.84 Å². The number of H-pyrrole nitrogens is 1. The molecule has 0 radical (unpaired) electrons. The van der Waals surface area contributed by atoms with Crippen molar-refractivity contribution in [2.45, 2.75) is 62.3 Å². The Morgan fingerprint density at radius 3 is 2.69 bits per heavy atom. The van der Waals surface area contributed by atoms with Gasteiger partial charge in [0.2, 0.25) is 0 Å². The first kappa shape index (κ1) is 21.7. The normalized spacial score (nSPS) is 28.2. The average Bonchev–Trinajstić information content (AvgIpc) is 3.54. The van der Waals surface area contributed by atoms with Crippen molar-refractivity contribution in [2.24, 2.45) is 11.8 Å². The highest BCUT2D eigenvalue weighted by Crippen LogP contribution is 2.51. The molecule has 3 atom stereocenters. The quantitative estimate of drug-likeness (QED) is 0.738. The van der Waals surface area contributed by atoms with Crippen LogP contribution in [-0.4, -0.2) is 48.8 Å². The van der Waals surface area contributed by atoms with Crippen molar-refractivity contribution in [3.05, 3.63) is 57.0 Å². The topological polar surface area (TPSA) is 90.5 Å². The second kappa shape index (κ2) is 7.45. The maximum absolute atomic E-state index is 12.6. The zero-order valence-electron chi connectivity index (χ0n) is 19.0. The molecule has 3 aliphatic rings. The van der Waals surface area contributed by atoms with Gasteiger partial charge in [0.1, 0.15) is 10.6 Å². The summed E-state index contributed by atoms with van der Waals surface area (Å²) in [5.74, 6) is 1.33. The maximum atomic E-state index is 12.6. The zero-order valence-corrected chi connectivity index (χ0v) is 19.8. The van der Waals surface area contributed by atoms with Crippen LogP contribution in [0.2, 0.25) is 0 Å². The van der Waals surface area contributed by atoms with Crippen LogP contribution in [0.5, 0.6) is 5.75 Å². The van der Waals surface area contributed by atoms with Crippen LogP contribution in [0.25, 0.3) is 0 Å². The van der Waals surface area contributed by atoms with E-state index in [9.17, 15) is 18.3 Å². The van der Waals surface area contributed by atoms with E-state index in [1.165, 1.54) is 12.8 Å². The summed E-state index contributed by atoms with van der Waals surface area (Å²) in [6.07, 6.45) is 6.03. The SMILES string of the molecule is Cc1ccc(O)cc1C12CCN(CC3CC3)C(C)C1Cc1cc(S(C)(=O)=O)c(=O)[nH]c1C2. The Kier molecular flexibility index (Phi) is 5.06. The molecule has 5 rings (SSSR count). The van der Waals surface area contributed by atoms with Gasteiger partial charge in [-0.25, -0.2) is 8.42 Å². The number of hydrogen-bond acceptors (Lipinski definition) is 5. The molecule has 0 bridgehead atoms. The predicted octanol–water partition coefficient (Wildman–Crippen LogP) is 2.95. The number of nitrogens with one attached hydrogen (secondary N) is 1. The number of benzene rings is 1. The third-order valence-corrected chi connectivity index (χ3v) is 9.28. The predicted molar refractivity (Wildman–Crippen MR) is 124 cm³/mol. The van der Waals surface area contributed by atoms with Crippen LogP contribution in [0.4, 0.5) is 0 Å². The van der Waals surface area contributed by atoms with Crippen molar-refractivity contribution in [1.82, 2.24) is 9.88 Å². The van der Waals surface area contributed by atoms with Crippen LogP contribution in [0.3, 0.4) is 0 Å². The molecule has 2 heterocycles. The average molecular weight is 457 g/mol. The number of piperidine rings is 1. The molecule has 1 aromatic carbocycles. The number of pyridine rings is 1. The van der Waals surface area contributed by atoms with E-state index in [2.05, 4.69) is 23.7 Å². The van der Waals surface area contributed by atoms with E-state index in [0.717, 1.165) is 54.1 Å². The molecule has 1 aromatic heterocycles. The lowest BCUT2D eigenvalue weighted by atomic mass is 9.56. The van der Waals surface area contributed by atoms with Gasteiger partial charge < -0.3 is 15.0 Å². The van der Waals surface area contributed by atoms with E-state index in [1.54, 1.807) is 12.1 Å². The highest BCUT2D eigenvalue weighted by molar-refractivity contribution is 7.90. The molecule has 2 aromatic rings. The molecule has 1 saturated heterocycles. The van der Waals surface area contributed by atoms with Crippen LogP contribution >= 0.6 is 0 Å². The van der Waals surface area contributed by atoms with Crippen molar-refractivity contribution < 1.29 is 13.5 Å². The number of aromatic hydroxyl groups is 1. The zero-order chi connectivity index (χ0) is 22.8. The van der Waals surface area contributed by atoms with Crippen LogP contribution in [0.1, 0.15) is 48.6 Å². The number of aromatic amines is 1. The van der Waals surface area contributed by atoms with E-state index >= 15 is 0 Å². The molecule has 2 aliphatic carbocycles. The molecule has 6 nitrogen and oxygen atoms in total. The minimum absolute atomic E-state index is 0.143. The maximum Gasteiger partial charge on any atom is 0.266 e. The third kappa shape index (κ3) is 3.59. The minimum Gasteiger partial charge on any atom is -0.508 e. The largest absolute Gasteiger partial charge is 0.508 e. The lowest BCUT2D eigenvalue weighted by Crippen LogP contribution is -2.59. The standard InChI is InChI=1S/C25H32N2O4S/c1-15-4-7-19(28)12-20(15)25-8-9-27(14-17-5-6-17)16(2)21(25)10-18-11-23(32(3,30)31)24(29)26-22(18)13-25/h4,7,11-12,16-17,21,28H,5-6,8-10,13-14H2,1-3H3,(H,26,29). The number of aromatic nitrogens is 1. The van der Waals surface area contributed by atoms with Gasteiger partial charge in [-0.3, -0.25) is 4.79 Å².